The zero-order valence-electron chi connectivity index (χ0n) is 23.2. The number of para-hydroxylation sites is 1. The number of aromatic carboxylic acids is 1. The van der Waals surface area contributed by atoms with Gasteiger partial charge in [-0.3, -0.25) is 0 Å². The summed E-state index contributed by atoms with van der Waals surface area (Å²) in [6.45, 7) is 0.161. The normalized spacial score (nSPS) is 21.5. The third-order valence-corrected chi connectivity index (χ3v) is 9.35. The number of carboxylic acids is 1. The molecule has 2 aromatic carbocycles. The highest BCUT2D eigenvalue weighted by molar-refractivity contribution is 7.14. The van der Waals surface area contributed by atoms with Crippen LogP contribution in [-0.4, -0.2) is 45.8 Å². The quantitative estimate of drug-likeness (QED) is 0.187. The summed E-state index contributed by atoms with van der Waals surface area (Å²) in [6, 6.07) is 10.3. The van der Waals surface area contributed by atoms with Crippen LogP contribution >= 0.6 is 11.3 Å². The highest BCUT2D eigenvalue weighted by Gasteiger charge is 2.43. The summed E-state index contributed by atoms with van der Waals surface area (Å²) in [7, 11) is 0. The smallest absolute Gasteiger partial charge is 0.478 e. The number of thiazole rings is 1. The molecule has 2 saturated heterocycles. The summed E-state index contributed by atoms with van der Waals surface area (Å²) in [5.41, 5.74) is 1.87. The van der Waals surface area contributed by atoms with Gasteiger partial charge in [0.1, 0.15) is 23.0 Å². The fourth-order valence-electron chi connectivity index (χ4n) is 6.36. The Hall–Kier alpha value is -3.97. The summed E-state index contributed by atoms with van der Waals surface area (Å²) in [6.07, 6.45) is 0.375. The van der Waals surface area contributed by atoms with Crippen molar-refractivity contribution >= 4 is 22.4 Å². The zero-order valence-corrected chi connectivity index (χ0v) is 24.0. The lowest BCUT2D eigenvalue weighted by atomic mass is 10.00. The van der Waals surface area contributed by atoms with Crippen LogP contribution in [-0.2, 0) is 11.3 Å². The van der Waals surface area contributed by atoms with Crippen LogP contribution in [0.25, 0.3) is 22.5 Å². The van der Waals surface area contributed by atoms with E-state index in [4.69, 9.17) is 19.4 Å². The fraction of sp³-hybridized carbons (Fsp3) is 0.387. The Morgan fingerprint density at radius 1 is 1.09 bits per heavy atom. The molecule has 44 heavy (non-hydrogen) atoms. The second kappa shape index (κ2) is 11.2. The summed E-state index contributed by atoms with van der Waals surface area (Å²) in [5.74, 6) is -1.63. The number of rotatable bonds is 9. The molecule has 8 nitrogen and oxygen atoms in total. The molecule has 1 N–H and O–H groups in total. The maximum Gasteiger partial charge on any atom is 0.573 e. The molecule has 2 aliphatic heterocycles. The molecule has 4 heterocycles. The van der Waals surface area contributed by atoms with E-state index in [1.165, 1.54) is 41.7 Å². The van der Waals surface area contributed by atoms with Gasteiger partial charge in [-0.05, 0) is 62.8 Å². The van der Waals surface area contributed by atoms with E-state index in [0.29, 0.717) is 28.3 Å². The fourth-order valence-corrected chi connectivity index (χ4v) is 7.33. The first-order chi connectivity index (χ1) is 21.1. The minimum absolute atomic E-state index is 0.0719. The number of ether oxygens (including phenoxy) is 2. The molecule has 3 atom stereocenters. The third-order valence-electron chi connectivity index (χ3n) is 8.50. The van der Waals surface area contributed by atoms with Crippen molar-refractivity contribution in [3.8, 4) is 28.3 Å². The van der Waals surface area contributed by atoms with Crippen molar-refractivity contribution in [1.82, 2.24) is 10.1 Å². The molecule has 7 rings (SSSR count). The van der Waals surface area contributed by atoms with E-state index < -0.39 is 18.1 Å². The van der Waals surface area contributed by atoms with Gasteiger partial charge in [0.2, 0.25) is 0 Å². The van der Waals surface area contributed by atoms with Crippen LogP contribution in [0.15, 0.2) is 52.4 Å². The Balaban J connectivity index is 1.06. The summed E-state index contributed by atoms with van der Waals surface area (Å²) in [5, 5.41) is 16.0. The number of hydrogen-bond donors (Lipinski definition) is 1. The molecule has 3 aliphatic rings. The molecule has 3 fully saturated rings. The Morgan fingerprint density at radius 3 is 2.52 bits per heavy atom. The van der Waals surface area contributed by atoms with Crippen molar-refractivity contribution in [3.05, 3.63) is 70.5 Å². The number of halogens is 4. The number of carbonyl (C=O) groups is 1. The van der Waals surface area contributed by atoms with E-state index in [1.807, 2.05) is 5.38 Å². The number of hydrogen-bond acceptors (Lipinski definition) is 8. The predicted molar refractivity (Wildman–Crippen MR) is 152 cm³/mol. The molecule has 0 radical (unpaired) electrons. The second-order valence-electron chi connectivity index (χ2n) is 11.4. The molecule has 230 valence electrons. The first-order valence-electron chi connectivity index (χ1n) is 14.4. The highest BCUT2D eigenvalue weighted by Crippen LogP contribution is 2.47. The van der Waals surface area contributed by atoms with Crippen LogP contribution in [0.3, 0.4) is 0 Å². The first-order valence-corrected chi connectivity index (χ1v) is 15.2. The van der Waals surface area contributed by atoms with E-state index in [1.54, 1.807) is 12.1 Å². The molecule has 4 aromatic rings. The number of aromatic nitrogens is 2. The summed E-state index contributed by atoms with van der Waals surface area (Å²) in [4.78, 5) is 18.2. The predicted octanol–water partition coefficient (Wildman–Crippen LogP) is 7.80. The molecule has 2 bridgehead atoms. The molecule has 1 aliphatic carbocycles. The molecule has 2 aromatic heterocycles. The number of alkyl halides is 3. The van der Waals surface area contributed by atoms with Gasteiger partial charge < -0.3 is 24.0 Å². The zero-order chi connectivity index (χ0) is 30.6. The van der Waals surface area contributed by atoms with E-state index in [2.05, 4.69) is 14.8 Å². The maximum absolute atomic E-state index is 14.3. The van der Waals surface area contributed by atoms with E-state index in [9.17, 15) is 22.4 Å². The van der Waals surface area contributed by atoms with Crippen molar-refractivity contribution in [2.45, 2.75) is 75.6 Å². The van der Waals surface area contributed by atoms with E-state index >= 15 is 0 Å². The maximum atomic E-state index is 14.3. The molecule has 0 spiro atoms. The lowest BCUT2D eigenvalue weighted by molar-refractivity contribution is -0.274. The average molecular weight is 630 g/mol. The molecule has 13 heteroatoms. The Morgan fingerprint density at radius 2 is 1.84 bits per heavy atom. The third kappa shape index (κ3) is 5.65. The average Bonchev–Trinajstić information content (AvgIpc) is 3.44. The highest BCUT2D eigenvalue weighted by atomic mass is 32.1. The molecule has 0 unspecified atom stereocenters. The van der Waals surface area contributed by atoms with Crippen molar-refractivity contribution in [2.75, 3.05) is 4.90 Å². The molecular formula is C31H27F4N3O5S. The summed E-state index contributed by atoms with van der Waals surface area (Å²) >= 11 is 1.47. The van der Waals surface area contributed by atoms with Crippen molar-refractivity contribution in [3.63, 3.8) is 0 Å². The number of anilines is 1. The Bertz CT molecular complexity index is 1690. The van der Waals surface area contributed by atoms with E-state index in [0.717, 1.165) is 43.7 Å². The SMILES string of the molecule is O=C(O)c1ccc(-c2csc(N3[C@@H]4CC[C@H]3C[C@H](OCc3c(-c5ccccc5OC(F)(F)F)noc3C3CC3)C4)n2)cc1F. The van der Waals surface area contributed by atoms with Crippen LogP contribution in [0.1, 0.15) is 66.1 Å². The van der Waals surface area contributed by atoms with Crippen molar-refractivity contribution < 1.29 is 41.5 Å². The molecule has 1 saturated carbocycles. The van der Waals surface area contributed by atoms with Crippen LogP contribution in [0.5, 0.6) is 5.75 Å². The number of piperidine rings is 1. The van der Waals surface area contributed by atoms with Gasteiger partial charge in [-0.1, -0.05) is 23.4 Å². The van der Waals surface area contributed by atoms with Gasteiger partial charge >= 0.3 is 12.3 Å². The van der Waals surface area contributed by atoms with Gasteiger partial charge in [0.25, 0.3) is 0 Å². The van der Waals surface area contributed by atoms with Gasteiger partial charge in [-0.25, -0.2) is 14.2 Å². The Kier molecular flexibility index (Phi) is 7.32. The minimum Gasteiger partial charge on any atom is -0.478 e. The van der Waals surface area contributed by atoms with Gasteiger partial charge in [0.15, 0.2) is 5.13 Å². The molecule has 0 amide bonds. The number of benzene rings is 2. The lowest BCUT2D eigenvalue weighted by Crippen LogP contribution is -2.45. The van der Waals surface area contributed by atoms with Gasteiger partial charge in [0.05, 0.1) is 24.0 Å². The van der Waals surface area contributed by atoms with Gasteiger partial charge in [-0.2, -0.15) is 0 Å². The number of carboxylic acid groups (broad SMARTS) is 1. The first kappa shape index (κ1) is 28.8. The van der Waals surface area contributed by atoms with Crippen LogP contribution in [0.2, 0.25) is 0 Å². The van der Waals surface area contributed by atoms with Gasteiger partial charge in [0, 0.05) is 40.1 Å². The summed E-state index contributed by atoms with van der Waals surface area (Å²) < 4.78 is 70.0. The monoisotopic (exact) mass is 629 g/mol. The second-order valence-corrected chi connectivity index (χ2v) is 12.2. The van der Waals surface area contributed by atoms with Gasteiger partial charge in [-0.15, -0.1) is 24.5 Å². The number of fused-ring (bicyclic) bond motifs is 2. The standard InChI is InChI=1S/C31H27F4N3O5S/c32-24-11-17(7-10-21(24)29(39)40)25-15-44-30(36-25)38-18-8-9-19(38)13-20(12-18)41-14-23-27(37-43-28(23)16-5-6-16)22-3-1-2-4-26(22)42-31(33,34)35/h1-4,7,10-11,15-16,18-20H,5-6,8-9,12-14H2,(H,39,40)/t18-,19+,20-. The van der Waals surface area contributed by atoms with Crippen molar-refractivity contribution in [2.24, 2.45) is 0 Å². The van der Waals surface area contributed by atoms with Crippen LogP contribution in [0, 0.1) is 5.82 Å². The van der Waals surface area contributed by atoms with Crippen LogP contribution < -0.4 is 9.64 Å². The Labute approximate surface area is 253 Å². The lowest BCUT2D eigenvalue weighted by Gasteiger charge is -2.38. The van der Waals surface area contributed by atoms with Crippen LogP contribution in [0.4, 0.5) is 22.7 Å². The number of nitrogens with zero attached hydrogens (tertiary/aromatic N) is 3. The van der Waals surface area contributed by atoms with Crippen molar-refractivity contribution in [1.29, 1.82) is 0 Å². The van der Waals surface area contributed by atoms with E-state index in [-0.39, 0.29) is 47.6 Å². The minimum atomic E-state index is -4.84. The molecular weight excluding hydrogens is 602 g/mol. The topological polar surface area (TPSA) is 97.9 Å². The largest absolute Gasteiger partial charge is 0.573 e.